The normalized spacial score (nSPS) is 27.5. The van der Waals surface area contributed by atoms with E-state index in [0.29, 0.717) is 37.0 Å². The zero-order valence-electron chi connectivity index (χ0n) is 17.6. The summed E-state index contributed by atoms with van der Waals surface area (Å²) >= 11 is 0. The Morgan fingerprint density at radius 3 is 2.52 bits per heavy atom. The second-order valence-corrected chi connectivity index (χ2v) is 10.4. The van der Waals surface area contributed by atoms with E-state index in [9.17, 15) is 22.8 Å². The molecule has 1 spiro atoms. The number of aromatic nitrogens is 1. The molecule has 1 aromatic rings. The maximum absolute atomic E-state index is 12.9. The standard InChI is InChI=1S/C19H27N5O6S/c1-13-3-5-19(6-4-13)17(26)24(18(27)20-19)21-16(25)15-11-14(12-22(15)2)31(28,29)23-7-9-30-10-8-23/h11-13H,3-10H2,1-2H3,(H,20,27)(H,21,25). The average molecular weight is 454 g/mol. The van der Waals surface area contributed by atoms with Crippen LogP contribution in [0.25, 0.3) is 0 Å². The third-order valence-corrected chi connectivity index (χ3v) is 8.19. The van der Waals surface area contributed by atoms with E-state index in [2.05, 4.69) is 17.7 Å². The van der Waals surface area contributed by atoms with Crippen LogP contribution in [-0.2, 0) is 26.6 Å². The molecular weight excluding hydrogens is 426 g/mol. The fourth-order valence-electron chi connectivity index (χ4n) is 4.31. The van der Waals surface area contributed by atoms with Gasteiger partial charge in [-0.05, 0) is 37.7 Å². The predicted molar refractivity (Wildman–Crippen MR) is 108 cm³/mol. The van der Waals surface area contributed by atoms with Gasteiger partial charge in [0.2, 0.25) is 10.0 Å². The van der Waals surface area contributed by atoms with Crippen molar-refractivity contribution in [1.82, 2.24) is 24.6 Å². The molecule has 12 heteroatoms. The van der Waals surface area contributed by atoms with E-state index < -0.39 is 33.4 Å². The Hall–Kier alpha value is -2.44. The molecule has 11 nitrogen and oxygen atoms in total. The van der Waals surface area contributed by atoms with Gasteiger partial charge in [0.05, 0.1) is 13.2 Å². The monoisotopic (exact) mass is 453 g/mol. The molecule has 4 rings (SSSR count). The molecule has 31 heavy (non-hydrogen) atoms. The van der Waals surface area contributed by atoms with Gasteiger partial charge in [-0.25, -0.2) is 13.2 Å². The highest BCUT2D eigenvalue weighted by atomic mass is 32.2. The summed E-state index contributed by atoms with van der Waals surface area (Å²) in [6.45, 7) is 3.20. The molecule has 0 aromatic carbocycles. The molecular formula is C19H27N5O6S. The van der Waals surface area contributed by atoms with Gasteiger partial charge in [-0.1, -0.05) is 6.92 Å². The number of sulfonamides is 1. The highest BCUT2D eigenvalue weighted by Crippen LogP contribution is 2.35. The fraction of sp³-hybridized carbons (Fsp3) is 0.632. The van der Waals surface area contributed by atoms with E-state index in [4.69, 9.17) is 4.74 Å². The van der Waals surface area contributed by atoms with Gasteiger partial charge < -0.3 is 14.6 Å². The number of amides is 4. The summed E-state index contributed by atoms with van der Waals surface area (Å²) in [6.07, 6.45) is 4.02. The number of ether oxygens (including phenoxy) is 1. The number of aryl methyl sites for hydroxylation is 1. The molecule has 3 heterocycles. The smallest absolute Gasteiger partial charge is 0.344 e. The molecule has 0 unspecified atom stereocenters. The van der Waals surface area contributed by atoms with E-state index >= 15 is 0 Å². The molecule has 1 saturated carbocycles. The number of hydrazine groups is 1. The number of nitrogens with one attached hydrogen (secondary N) is 2. The Labute approximate surface area is 180 Å². The lowest BCUT2D eigenvalue weighted by molar-refractivity contribution is -0.134. The highest BCUT2D eigenvalue weighted by molar-refractivity contribution is 7.89. The number of nitrogens with zero attached hydrogens (tertiary/aromatic N) is 3. The van der Waals surface area contributed by atoms with Crippen LogP contribution in [0, 0.1) is 5.92 Å². The molecule has 3 fully saturated rings. The van der Waals surface area contributed by atoms with Crippen LogP contribution in [0.15, 0.2) is 17.2 Å². The van der Waals surface area contributed by atoms with Gasteiger partial charge >= 0.3 is 6.03 Å². The third-order valence-electron chi connectivity index (χ3n) is 6.32. The molecule has 2 aliphatic heterocycles. The molecule has 0 radical (unpaired) electrons. The molecule has 1 aliphatic carbocycles. The van der Waals surface area contributed by atoms with Crippen molar-refractivity contribution in [1.29, 1.82) is 0 Å². The molecule has 1 aromatic heterocycles. The Kier molecular flexibility index (Phi) is 5.56. The van der Waals surface area contributed by atoms with Gasteiger partial charge in [-0.3, -0.25) is 15.0 Å². The average Bonchev–Trinajstić information content (AvgIpc) is 3.25. The molecule has 3 aliphatic rings. The third kappa shape index (κ3) is 3.83. The van der Waals surface area contributed by atoms with Crippen LogP contribution in [0.3, 0.4) is 0 Å². The number of carbonyl (C=O) groups excluding carboxylic acids is 3. The minimum absolute atomic E-state index is 0.0191. The molecule has 170 valence electrons. The van der Waals surface area contributed by atoms with Crippen molar-refractivity contribution in [2.24, 2.45) is 13.0 Å². The number of carbonyl (C=O) groups is 3. The van der Waals surface area contributed by atoms with Crippen LogP contribution >= 0.6 is 0 Å². The predicted octanol–water partition coefficient (Wildman–Crippen LogP) is 0.192. The first-order valence-electron chi connectivity index (χ1n) is 10.4. The Morgan fingerprint density at radius 1 is 1.23 bits per heavy atom. The lowest BCUT2D eigenvalue weighted by Gasteiger charge is -2.33. The Morgan fingerprint density at radius 2 is 1.87 bits per heavy atom. The van der Waals surface area contributed by atoms with Crippen LogP contribution in [0.2, 0.25) is 0 Å². The zero-order chi connectivity index (χ0) is 22.4. The van der Waals surface area contributed by atoms with Crippen molar-refractivity contribution in [3.63, 3.8) is 0 Å². The zero-order valence-corrected chi connectivity index (χ0v) is 18.4. The van der Waals surface area contributed by atoms with Crippen molar-refractivity contribution in [2.45, 2.75) is 43.0 Å². The Bertz CT molecular complexity index is 1000. The number of hydrogen-bond acceptors (Lipinski definition) is 6. The molecule has 0 atom stereocenters. The number of morpholine rings is 1. The fourth-order valence-corrected chi connectivity index (χ4v) is 5.79. The molecule has 4 amide bonds. The minimum atomic E-state index is -3.78. The quantitative estimate of drug-likeness (QED) is 0.626. The van der Waals surface area contributed by atoms with Gasteiger partial charge in [0.15, 0.2) is 0 Å². The first-order chi connectivity index (χ1) is 14.6. The topological polar surface area (TPSA) is 130 Å². The van der Waals surface area contributed by atoms with Crippen LogP contribution in [0.1, 0.15) is 43.1 Å². The van der Waals surface area contributed by atoms with E-state index in [1.165, 1.54) is 28.2 Å². The van der Waals surface area contributed by atoms with Crippen molar-refractivity contribution in [3.8, 4) is 0 Å². The van der Waals surface area contributed by atoms with Gasteiger partial charge in [0, 0.05) is 26.3 Å². The maximum Gasteiger partial charge on any atom is 0.344 e. The van der Waals surface area contributed by atoms with Crippen LogP contribution in [0.4, 0.5) is 4.79 Å². The van der Waals surface area contributed by atoms with E-state index in [1.807, 2.05) is 0 Å². The summed E-state index contributed by atoms with van der Waals surface area (Å²) in [5.74, 6) is -0.738. The van der Waals surface area contributed by atoms with E-state index in [0.717, 1.165) is 12.8 Å². The summed E-state index contributed by atoms with van der Waals surface area (Å²) in [5.41, 5.74) is 1.39. The number of hydrogen-bond donors (Lipinski definition) is 2. The second-order valence-electron chi connectivity index (χ2n) is 8.46. The van der Waals surface area contributed by atoms with Crippen molar-refractivity contribution in [3.05, 3.63) is 18.0 Å². The van der Waals surface area contributed by atoms with Crippen molar-refractivity contribution in [2.75, 3.05) is 26.3 Å². The summed E-state index contributed by atoms with van der Waals surface area (Å²) in [6, 6.07) is 0.569. The molecule has 0 bridgehead atoms. The summed E-state index contributed by atoms with van der Waals surface area (Å²) in [7, 11) is -2.25. The number of rotatable bonds is 4. The Balaban J connectivity index is 1.50. The van der Waals surface area contributed by atoms with Crippen molar-refractivity contribution >= 4 is 27.9 Å². The maximum atomic E-state index is 12.9. The second kappa shape index (κ2) is 7.92. The lowest BCUT2D eigenvalue weighted by atomic mass is 9.77. The minimum Gasteiger partial charge on any atom is -0.379 e. The highest BCUT2D eigenvalue weighted by Gasteiger charge is 2.53. The summed E-state index contributed by atoms with van der Waals surface area (Å²) in [4.78, 5) is 38.1. The van der Waals surface area contributed by atoms with Crippen LogP contribution in [-0.4, -0.2) is 72.0 Å². The van der Waals surface area contributed by atoms with E-state index in [1.54, 1.807) is 0 Å². The van der Waals surface area contributed by atoms with Crippen LogP contribution < -0.4 is 10.7 Å². The summed E-state index contributed by atoms with van der Waals surface area (Å²) < 4.78 is 33.6. The van der Waals surface area contributed by atoms with Gasteiger partial charge in [-0.2, -0.15) is 9.31 Å². The number of imide groups is 1. The SMILES string of the molecule is CC1CCC2(CC1)NC(=O)N(NC(=O)c1cc(S(=O)(=O)N3CCOCC3)cn1C)C2=O. The van der Waals surface area contributed by atoms with Gasteiger partial charge in [-0.15, -0.1) is 0 Å². The first-order valence-corrected chi connectivity index (χ1v) is 11.8. The van der Waals surface area contributed by atoms with E-state index in [-0.39, 0.29) is 23.7 Å². The van der Waals surface area contributed by atoms with Crippen molar-refractivity contribution < 1.29 is 27.5 Å². The van der Waals surface area contributed by atoms with Gasteiger partial charge in [0.1, 0.15) is 16.1 Å². The first kappa shape index (κ1) is 21.8. The molecule has 2 N–H and O–H groups in total. The van der Waals surface area contributed by atoms with Gasteiger partial charge in [0.25, 0.3) is 11.8 Å². The molecule has 2 saturated heterocycles. The number of urea groups is 1. The summed E-state index contributed by atoms with van der Waals surface area (Å²) in [5, 5.41) is 3.44. The van der Waals surface area contributed by atoms with Crippen LogP contribution in [0.5, 0.6) is 0 Å². The largest absolute Gasteiger partial charge is 0.379 e. The lowest BCUT2D eigenvalue weighted by Crippen LogP contribution is -2.51.